The number of rotatable bonds is 6. The third kappa shape index (κ3) is 4.30. The van der Waals surface area contributed by atoms with Gasteiger partial charge < -0.3 is 14.5 Å². The summed E-state index contributed by atoms with van der Waals surface area (Å²) in [6.45, 7) is 6.14. The third-order valence-corrected chi connectivity index (χ3v) is 4.39. The Hall–Kier alpha value is -1.40. The molecule has 2 aliphatic rings. The molecule has 1 saturated heterocycles. The Morgan fingerprint density at radius 1 is 1.50 bits per heavy atom. The number of hydrogen-bond acceptors (Lipinski definition) is 4. The van der Waals surface area contributed by atoms with Crippen molar-refractivity contribution in [3.8, 4) is 0 Å². The van der Waals surface area contributed by atoms with Crippen LogP contribution in [0.1, 0.15) is 24.2 Å². The van der Waals surface area contributed by atoms with E-state index in [1.165, 1.54) is 12.8 Å². The average Bonchev–Trinajstić information content (AvgIpc) is 3.20. The lowest BCUT2D eigenvalue weighted by molar-refractivity contribution is -0.134. The highest BCUT2D eigenvalue weighted by Gasteiger charge is 2.30. The maximum atomic E-state index is 12.6. The number of aryl methyl sites for hydroxylation is 1. The summed E-state index contributed by atoms with van der Waals surface area (Å²) >= 11 is 0. The van der Waals surface area contributed by atoms with Gasteiger partial charge in [0, 0.05) is 31.9 Å². The van der Waals surface area contributed by atoms with Gasteiger partial charge in [0.2, 0.25) is 5.91 Å². The molecule has 1 aromatic heterocycles. The van der Waals surface area contributed by atoms with Gasteiger partial charge in [0.1, 0.15) is 0 Å². The lowest BCUT2D eigenvalue weighted by atomic mass is 10.2. The van der Waals surface area contributed by atoms with E-state index in [0.29, 0.717) is 18.9 Å². The van der Waals surface area contributed by atoms with Crippen molar-refractivity contribution in [1.82, 2.24) is 20.0 Å². The van der Waals surface area contributed by atoms with E-state index in [1.54, 1.807) is 0 Å². The molecule has 1 aliphatic heterocycles. The molecule has 0 radical (unpaired) electrons. The zero-order valence-corrected chi connectivity index (χ0v) is 13.5. The highest BCUT2D eigenvalue weighted by molar-refractivity contribution is 5.78. The van der Waals surface area contributed by atoms with Gasteiger partial charge in [-0.25, -0.2) is 0 Å². The minimum absolute atomic E-state index is 0.127. The van der Waals surface area contributed by atoms with Crippen LogP contribution in [0.4, 0.5) is 0 Å². The zero-order valence-electron chi connectivity index (χ0n) is 13.5. The van der Waals surface area contributed by atoms with Crippen LogP contribution in [0.2, 0.25) is 0 Å². The third-order valence-electron chi connectivity index (χ3n) is 4.39. The molecule has 3 rings (SSSR count). The van der Waals surface area contributed by atoms with E-state index >= 15 is 0 Å². The molecule has 0 spiro atoms. The predicted octanol–water partition coefficient (Wildman–Crippen LogP) is 0.830. The van der Waals surface area contributed by atoms with Crippen molar-refractivity contribution in [2.24, 2.45) is 5.92 Å². The number of aromatic nitrogens is 2. The summed E-state index contributed by atoms with van der Waals surface area (Å²) in [4.78, 5) is 16.9. The van der Waals surface area contributed by atoms with E-state index in [-0.39, 0.29) is 12.0 Å². The van der Waals surface area contributed by atoms with Crippen LogP contribution in [0.3, 0.4) is 0 Å². The van der Waals surface area contributed by atoms with Crippen molar-refractivity contribution in [2.75, 3.05) is 39.8 Å². The normalized spacial score (nSPS) is 22.7. The lowest BCUT2D eigenvalue weighted by Crippen LogP contribution is -2.48. The Balaban J connectivity index is 1.59. The summed E-state index contributed by atoms with van der Waals surface area (Å²) in [5.41, 5.74) is 1.82. The first kappa shape index (κ1) is 15.5. The zero-order chi connectivity index (χ0) is 15.5. The number of amides is 1. The van der Waals surface area contributed by atoms with Crippen LogP contribution in [-0.2, 0) is 16.0 Å². The molecular formula is C16H26N4O2. The summed E-state index contributed by atoms with van der Waals surface area (Å²) in [7, 11) is 2.11. The van der Waals surface area contributed by atoms with Crippen molar-refractivity contribution in [3.63, 3.8) is 0 Å². The molecule has 2 heterocycles. The first-order chi connectivity index (χ1) is 10.6. The second-order valence-electron chi connectivity index (χ2n) is 6.72. The molecule has 1 atom stereocenters. The Labute approximate surface area is 131 Å². The molecule has 1 aliphatic carbocycles. The van der Waals surface area contributed by atoms with Gasteiger partial charge in [-0.05, 0) is 38.8 Å². The molecule has 6 nitrogen and oxygen atoms in total. The Bertz CT molecular complexity index is 512. The van der Waals surface area contributed by atoms with Gasteiger partial charge in [0.15, 0.2) is 0 Å². The maximum absolute atomic E-state index is 12.6. The predicted molar refractivity (Wildman–Crippen MR) is 83.6 cm³/mol. The number of H-pyrrole nitrogens is 1. The topological polar surface area (TPSA) is 61.5 Å². The summed E-state index contributed by atoms with van der Waals surface area (Å²) in [6.07, 6.45) is 3.00. The fourth-order valence-electron chi connectivity index (χ4n) is 2.95. The van der Waals surface area contributed by atoms with E-state index in [9.17, 15) is 4.79 Å². The number of hydrogen-bond donors (Lipinski definition) is 1. The highest BCUT2D eigenvalue weighted by atomic mass is 16.5. The summed E-state index contributed by atoms with van der Waals surface area (Å²) in [5.74, 6) is 0.849. The van der Waals surface area contributed by atoms with Crippen molar-refractivity contribution in [1.29, 1.82) is 0 Å². The van der Waals surface area contributed by atoms with Gasteiger partial charge in [-0.2, -0.15) is 5.10 Å². The van der Waals surface area contributed by atoms with Crippen LogP contribution in [0.5, 0.6) is 0 Å². The van der Waals surface area contributed by atoms with Crippen molar-refractivity contribution in [2.45, 2.75) is 32.3 Å². The van der Waals surface area contributed by atoms with E-state index < -0.39 is 0 Å². The summed E-state index contributed by atoms with van der Waals surface area (Å²) in [5, 5.41) is 7.08. The van der Waals surface area contributed by atoms with Crippen LogP contribution < -0.4 is 0 Å². The minimum atomic E-state index is 0.127. The number of aromatic amines is 1. The standard InChI is InChI=1S/C16H26N4O2/c1-12-7-14(18-17-12)8-16(21)20(9-13-3-4-13)11-15-10-19(2)5-6-22-15/h7,13,15H,3-6,8-11H2,1-2H3,(H,17,18)/t15-/m1/s1. The molecule has 2 fully saturated rings. The van der Waals surface area contributed by atoms with Crippen LogP contribution in [0, 0.1) is 12.8 Å². The number of ether oxygens (including phenoxy) is 1. The molecule has 1 aromatic rings. The molecule has 6 heteroatoms. The van der Waals surface area contributed by atoms with Gasteiger partial charge in [0.05, 0.1) is 24.8 Å². The fraction of sp³-hybridized carbons (Fsp3) is 0.750. The van der Waals surface area contributed by atoms with Crippen molar-refractivity contribution >= 4 is 5.91 Å². The van der Waals surface area contributed by atoms with Gasteiger partial charge in [-0.1, -0.05) is 0 Å². The summed E-state index contributed by atoms with van der Waals surface area (Å²) < 4.78 is 5.83. The molecule has 1 N–H and O–H groups in total. The molecule has 122 valence electrons. The first-order valence-electron chi connectivity index (χ1n) is 8.19. The monoisotopic (exact) mass is 306 g/mol. The number of nitrogens with one attached hydrogen (secondary N) is 1. The number of carbonyl (C=O) groups is 1. The minimum Gasteiger partial charge on any atom is -0.374 e. The first-order valence-corrected chi connectivity index (χ1v) is 8.19. The Morgan fingerprint density at radius 3 is 2.95 bits per heavy atom. The number of likely N-dealkylation sites (N-methyl/N-ethyl adjacent to an activating group) is 1. The van der Waals surface area contributed by atoms with E-state index in [4.69, 9.17) is 4.74 Å². The van der Waals surface area contributed by atoms with Crippen LogP contribution in [0.25, 0.3) is 0 Å². The molecule has 1 saturated carbocycles. The molecule has 0 bridgehead atoms. The van der Waals surface area contributed by atoms with Crippen molar-refractivity contribution in [3.05, 3.63) is 17.5 Å². The SMILES string of the molecule is Cc1cc(CC(=O)N(CC2CC2)C[C@H]2CN(C)CCO2)n[nH]1. The highest BCUT2D eigenvalue weighted by Crippen LogP contribution is 2.30. The van der Waals surface area contributed by atoms with E-state index in [2.05, 4.69) is 22.1 Å². The molecule has 0 unspecified atom stereocenters. The molecule has 22 heavy (non-hydrogen) atoms. The van der Waals surface area contributed by atoms with E-state index in [1.807, 2.05) is 17.9 Å². The smallest absolute Gasteiger partial charge is 0.228 e. The number of morpholine rings is 1. The van der Waals surface area contributed by atoms with Crippen LogP contribution >= 0.6 is 0 Å². The lowest BCUT2D eigenvalue weighted by Gasteiger charge is -2.34. The van der Waals surface area contributed by atoms with Gasteiger partial charge in [0.25, 0.3) is 0 Å². The quantitative estimate of drug-likeness (QED) is 0.846. The Morgan fingerprint density at radius 2 is 2.32 bits per heavy atom. The Kier molecular flexibility index (Phi) is 4.78. The van der Waals surface area contributed by atoms with Crippen LogP contribution in [0.15, 0.2) is 6.07 Å². The molecular weight excluding hydrogens is 280 g/mol. The van der Waals surface area contributed by atoms with Gasteiger partial charge in [-0.15, -0.1) is 0 Å². The van der Waals surface area contributed by atoms with Crippen LogP contribution in [-0.4, -0.2) is 71.8 Å². The largest absolute Gasteiger partial charge is 0.374 e. The fourth-order valence-corrected chi connectivity index (χ4v) is 2.95. The van der Waals surface area contributed by atoms with Gasteiger partial charge >= 0.3 is 0 Å². The number of nitrogens with zero attached hydrogens (tertiary/aromatic N) is 3. The van der Waals surface area contributed by atoms with E-state index in [0.717, 1.165) is 37.6 Å². The second-order valence-corrected chi connectivity index (χ2v) is 6.72. The second kappa shape index (κ2) is 6.79. The summed E-state index contributed by atoms with van der Waals surface area (Å²) in [6, 6.07) is 1.94. The van der Waals surface area contributed by atoms with Gasteiger partial charge in [-0.3, -0.25) is 9.89 Å². The molecule has 1 amide bonds. The number of carbonyl (C=O) groups excluding carboxylic acids is 1. The maximum Gasteiger partial charge on any atom is 0.228 e. The van der Waals surface area contributed by atoms with Crippen molar-refractivity contribution < 1.29 is 9.53 Å². The average molecular weight is 306 g/mol. The molecule has 0 aromatic carbocycles.